The Hall–Kier alpha value is -1.46. The highest BCUT2D eigenvalue weighted by Gasteiger charge is 2.14. The molecule has 0 radical (unpaired) electrons. The van der Waals surface area contributed by atoms with Gasteiger partial charge in [-0.3, -0.25) is 4.79 Å². The quantitative estimate of drug-likeness (QED) is 0.761. The Morgan fingerprint density at radius 2 is 2.28 bits per heavy atom. The Kier molecular flexibility index (Phi) is 5.74. The number of nitrogens with two attached hydrogens (primary N) is 1. The van der Waals surface area contributed by atoms with E-state index in [9.17, 15) is 9.18 Å². The van der Waals surface area contributed by atoms with Crippen LogP contribution in [0.25, 0.3) is 0 Å². The molecule has 1 amide bonds. The van der Waals surface area contributed by atoms with Crippen LogP contribution in [0.5, 0.6) is 0 Å². The van der Waals surface area contributed by atoms with Crippen LogP contribution in [0, 0.1) is 12.7 Å². The van der Waals surface area contributed by atoms with Crippen molar-refractivity contribution in [2.45, 2.75) is 25.8 Å². The van der Waals surface area contributed by atoms with E-state index in [1.54, 1.807) is 20.1 Å². The Morgan fingerprint density at radius 3 is 2.89 bits per heavy atom. The molecule has 0 heterocycles. The van der Waals surface area contributed by atoms with Crippen LogP contribution in [0.3, 0.4) is 0 Å². The first-order valence-electron chi connectivity index (χ1n) is 5.86. The molecule has 1 unspecified atom stereocenters. The number of hydrogen-bond donors (Lipinski definition) is 2. The largest absolute Gasteiger partial charge is 0.385 e. The number of ether oxygens (including phenoxy) is 1. The van der Waals surface area contributed by atoms with Crippen molar-refractivity contribution in [1.29, 1.82) is 0 Å². The summed E-state index contributed by atoms with van der Waals surface area (Å²) in [5.41, 5.74) is 6.66. The Labute approximate surface area is 106 Å². The number of methoxy groups -OCH3 is 1. The molecular formula is C13H19FN2O2. The molecule has 0 fully saturated rings. The number of nitrogens with one attached hydrogen (secondary N) is 1. The number of carbonyl (C=O) groups excluding carboxylic acids is 1. The molecule has 5 heteroatoms. The van der Waals surface area contributed by atoms with E-state index in [0.29, 0.717) is 19.4 Å². The van der Waals surface area contributed by atoms with Gasteiger partial charge in [-0.1, -0.05) is 6.07 Å². The Morgan fingerprint density at radius 1 is 1.56 bits per heavy atom. The number of rotatable bonds is 6. The summed E-state index contributed by atoms with van der Waals surface area (Å²) in [5, 5.41) is 2.48. The molecule has 0 saturated carbocycles. The third-order valence-corrected chi connectivity index (χ3v) is 2.58. The Balaban J connectivity index is 2.53. The summed E-state index contributed by atoms with van der Waals surface area (Å²) < 4.78 is 18.4. The predicted octanol–water partition coefficient (Wildman–Crippen LogP) is 1.83. The van der Waals surface area contributed by atoms with E-state index in [1.807, 2.05) is 0 Å². The highest BCUT2D eigenvalue weighted by molar-refractivity contribution is 5.94. The first-order valence-corrected chi connectivity index (χ1v) is 5.86. The fourth-order valence-corrected chi connectivity index (χ4v) is 1.53. The van der Waals surface area contributed by atoms with Gasteiger partial charge in [0, 0.05) is 13.7 Å². The lowest BCUT2D eigenvalue weighted by Crippen LogP contribution is -2.36. The summed E-state index contributed by atoms with van der Waals surface area (Å²) >= 11 is 0. The molecule has 0 spiro atoms. The van der Waals surface area contributed by atoms with Crippen LogP contribution in [-0.2, 0) is 9.53 Å². The molecule has 0 bridgehead atoms. The number of carbonyl (C=O) groups is 1. The molecule has 0 saturated heterocycles. The van der Waals surface area contributed by atoms with Gasteiger partial charge in [-0.2, -0.15) is 0 Å². The second kappa shape index (κ2) is 7.08. The van der Waals surface area contributed by atoms with Gasteiger partial charge in [-0.05, 0) is 37.5 Å². The van der Waals surface area contributed by atoms with Gasteiger partial charge in [-0.15, -0.1) is 0 Å². The van der Waals surface area contributed by atoms with Crippen molar-refractivity contribution in [2.75, 3.05) is 19.0 Å². The van der Waals surface area contributed by atoms with Crippen LogP contribution >= 0.6 is 0 Å². The van der Waals surface area contributed by atoms with E-state index in [-0.39, 0.29) is 11.6 Å². The van der Waals surface area contributed by atoms with Crippen LogP contribution in [0.2, 0.25) is 0 Å². The molecular weight excluding hydrogens is 235 g/mol. The van der Waals surface area contributed by atoms with Crippen molar-refractivity contribution in [3.8, 4) is 0 Å². The number of halogens is 1. The molecule has 0 aliphatic carbocycles. The lowest BCUT2D eigenvalue weighted by atomic mass is 10.1. The maximum absolute atomic E-state index is 13.5. The SMILES string of the molecule is COCCCC(N)C(=O)Nc1ccc(C)cc1F. The highest BCUT2D eigenvalue weighted by atomic mass is 19.1. The molecule has 0 aliphatic heterocycles. The number of anilines is 1. The second-order valence-electron chi connectivity index (χ2n) is 4.21. The minimum atomic E-state index is -0.652. The molecule has 4 nitrogen and oxygen atoms in total. The second-order valence-corrected chi connectivity index (χ2v) is 4.21. The van der Waals surface area contributed by atoms with E-state index >= 15 is 0 Å². The summed E-state index contributed by atoms with van der Waals surface area (Å²) in [6.45, 7) is 2.34. The predicted molar refractivity (Wildman–Crippen MR) is 68.9 cm³/mol. The first-order chi connectivity index (χ1) is 8.54. The number of amides is 1. The molecule has 1 aromatic carbocycles. The number of benzene rings is 1. The van der Waals surface area contributed by atoms with Gasteiger partial charge in [0.15, 0.2) is 0 Å². The van der Waals surface area contributed by atoms with Gasteiger partial charge < -0.3 is 15.8 Å². The van der Waals surface area contributed by atoms with Crippen LogP contribution in [0.1, 0.15) is 18.4 Å². The van der Waals surface area contributed by atoms with Gasteiger partial charge in [-0.25, -0.2) is 4.39 Å². The third-order valence-electron chi connectivity index (χ3n) is 2.58. The van der Waals surface area contributed by atoms with Crippen LogP contribution in [0.15, 0.2) is 18.2 Å². The van der Waals surface area contributed by atoms with Crippen molar-refractivity contribution in [3.05, 3.63) is 29.6 Å². The maximum Gasteiger partial charge on any atom is 0.241 e. The zero-order valence-electron chi connectivity index (χ0n) is 10.7. The summed E-state index contributed by atoms with van der Waals surface area (Å²) in [4.78, 5) is 11.7. The number of aryl methyl sites for hydroxylation is 1. The van der Waals surface area contributed by atoms with Crippen LogP contribution in [0.4, 0.5) is 10.1 Å². The topological polar surface area (TPSA) is 64.3 Å². The van der Waals surface area contributed by atoms with Gasteiger partial charge in [0.05, 0.1) is 11.7 Å². The third kappa shape index (κ3) is 4.43. The van der Waals surface area contributed by atoms with Crippen LogP contribution in [-0.4, -0.2) is 25.7 Å². The van der Waals surface area contributed by atoms with Crippen molar-refractivity contribution in [2.24, 2.45) is 5.73 Å². The zero-order valence-corrected chi connectivity index (χ0v) is 10.7. The summed E-state index contributed by atoms with van der Waals surface area (Å²) in [7, 11) is 1.59. The molecule has 1 aromatic rings. The van der Waals surface area contributed by atoms with E-state index in [2.05, 4.69) is 5.32 Å². The number of hydrogen-bond acceptors (Lipinski definition) is 3. The van der Waals surface area contributed by atoms with Crippen molar-refractivity contribution < 1.29 is 13.9 Å². The molecule has 3 N–H and O–H groups in total. The molecule has 1 atom stereocenters. The monoisotopic (exact) mass is 254 g/mol. The van der Waals surface area contributed by atoms with Crippen molar-refractivity contribution in [1.82, 2.24) is 0 Å². The average Bonchev–Trinajstić information content (AvgIpc) is 2.32. The van der Waals surface area contributed by atoms with E-state index in [1.165, 1.54) is 12.1 Å². The van der Waals surface area contributed by atoms with E-state index < -0.39 is 11.9 Å². The fourth-order valence-electron chi connectivity index (χ4n) is 1.53. The maximum atomic E-state index is 13.5. The van der Waals surface area contributed by atoms with Gasteiger partial charge in [0.25, 0.3) is 0 Å². The molecule has 1 rings (SSSR count). The molecule has 0 aliphatic rings. The molecule has 0 aromatic heterocycles. The first kappa shape index (κ1) is 14.6. The van der Waals surface area contributed by atoms with Gasteiger partial charge in [0.2, 0.25) is 5.91 Å². The summed E-state index contributed by atoms with van der Waals surface area (Å²) in [6, 6.07) is 3.98. The minimum absolute atomic E-state index is 0.160. The minimum Gasteiger partial charge on any atom is -0.385 e. The summed E-state index contributed by atoms with van der Waals surface area (Å²) in [6.07, 6.45) is 1.20. The van der Waals surface area contributed by atoms with Crippen molar-refractivity contribution in [3.63, 3.8) is 0 Å². The van der Waals surface area contributed by atoms with E-state index in [4.69, 9.17) is 10.5 Å². The van der Waals surface area contributed by atoms with Gasteiger partial charge >= 0.3 is 0 Å². The van der Waals surface area contributed by atoms with Gasteiger partial charge in [0.1, 0.15) is 5.82 Å². The lowest BCUT2D eigenvalue weighted by molar-refractivity contribution is -0.117. The molecule has 100 valence electrons. The van der Waals surface area contributed by atoms with Crippen LogP contribution < -0.4 is 11.1 Å². The zero-order chi connectivity index (χ0) is 13.5. The standard InChI is InChI=1S/C13H19FN2O2/c1-9-5-6-12(10(14)8-9)16-13(17)11(15)4-3-7-18-2/h5-6,8,11H,3-4,7,15H2,1-2H3,(H,16,17). The highest BCUT2D eigenvalue weighted by Crippen LogP contribution is 2.15. The van der Waals surface area contributed by atoms with E-state index in [0.717, 1.165) is 5.56 Å². The normalized spacial score (nSPS) is 12.2. The average molecular weight is 254 g/mol. The summed E-state index contributed by atoms with van der Waals surface area (Å²) in [5.74, 6) is -0.832. The molecule has 18 heavy (non-hydrogen) atoms. The fraction of sp³-hybridized carbons (Fsp3) is 0.462. The Bertz CT molecular complexity index is 410. The lowest BCUT2D eigenvalue weighted by Gasteiger charge is -2.12. The smallest absolute Gasteiger partial charge is 0.241 e. The van der Waals surface area contributed by atoms with Crippen molar-refractivity contribution >= 4 is 11.6 Å².